The van der Waals surface area contributed by atoms with Crippen LogP contribution >= 0.6 is 0 Å². The number of hydrogen-bond acceptors (Lipinski definition) is 4. The molecule has 52 valence electrons. The molecule has 0 fully saturated rings. The second-order valence-corrected chi connectivity index (χ2v) is 1.48. The molecular formula is C4H7NO4. The van der Waals surface area contributed by atoms with Gasteiger partial charge in [-0.15, -0.1) is 0 Å². The number of carbonyl (C=O) groups is 2. The lowest BCUT2D eigenvalue weighted by Crippen LogP contribution is -2.30. The quantitative estimate of drug-likeness (QED) is 0.373. The molecule has 0 unspecified atom stereocenters. The molecule has 0 amide bonds. The number of carbonyl (C=O) groups excluding carboxylic acids is 1. The van der Waals surface area contributed by atoms with Crippen LogP contribution in [0.5, 0.6) is 0 Å². The van der Waals surface area contributed by atoms with Crippen molar-refractivity contribution in [3.05, 3.63) is 0 Å². The predicted octanol–water partition coefficient (Wildman–Crippen LogP) is -0.445. The molecule has 0 bridgehead atoms. The van der Waals surface area contributed by atoms with Crippen molar-refractivity contribution in [3.63, 3.8) is 0 Å². The van der Waals surface area contributed by atoms with E-state index in [1.807, 2.05) is 0 Å². The SMILES string of the molecule is C[C@H](N)C(=O)OC(=O)O. The molecule has 0 aromatic carbocycles. The van der Waals surface area contributed by atoms with E-state index in [1.54, 1.807) is 0 Å². The highest BCUT2D eigenvalue weighted by atomic mass is 16.7. The zero-order valence-corrected chi connectivity index (χ0v) is 4.83. The second kappa shape index (κ2) is 3.03. The van der Waals surface area contributed by atoms with Gasteiger partial charge in [0, 0.05) is 0 Å². The van der Waals surface area contributed by atoms with E-state index in [0.29, 0.717) is 0 Å². The van der Waals surface area contributed by atoms with Crippen LogP contribution in [0.1, 0.15) is 6.92 Å². The van der Waals surface area contributed by atoms with Gasteiger partial charge < -0.3 is 15.6 Å². The third-order valence-corrected chi connectivity index (χ3v) is 0.560. The van der Waals surface area contributed by atoms with Crippen molar-refractivity contribution in [2.45, 2.75) is 13.0 Å². The number of nitrogens with two attached hydrogens (primary N) is 1. The van der Waals surface area contributed by atoms with Crippen molar-refractivity contribution in [2.75, 3.05) is 0 Å². The fraction of sp³-hybridized carbons (Fsp3) is 0.500. The minimum Gasteiger partial charge on any atom is -0.449 e. The van der Waals surface area contributed by atoms with E-state index in [1.165, 1.54) is 6.92 Å². The first-order chi connectivity index (χ1) is 4.04. The minimum atomic E-state index is -1.63. The van der Waals surface area contributed by atoms with E-state index in [0.717, 1.165) is 0 Å². The first-order valence-electron chi connectivity index (χ1n) is 2.24. The lowest BCUT2D eigenvalue weighted by atomic mass is 10.4. The van der Waals surface area contributed by atoms with Crippen molar-refractivity contribution in [1.29, 1.82) is 0 Å². The molecule has 0 aromatic heterocycles. The van der Waals surface area contributed by atoms with Gasteiger partial charge in [0.15, 0.2) is 0 Å². The largest absolute Gasteiger partial charge is 0.513 e. The first kappa shape index (κ1) is 7.90. The van der Waals surface area contributed by atoms with Crippen molar-refractivity contribution < 1.29 is 19.4 Å². The Morgan fingerprint density at radius 1 is 1.67 bits per heavy atom. The van der Waals surface area contributed by atoms with Gasteiger partial charge in [0.05, 0.1) is 0 Å². The Kier molecular flexibility index (Phi) is 2.66. The van der Waals surface area contributed by atoms with Gasteiger partial charge in [0.25, 0.3) is 0 Å². The van der Waals surface area contributed by atoms with E-state index in [2.05, 4.69) is 4.74 Å². The Bertz CT molecular complexity index is 131. The van der Waals surface area contributed by atoms with E-state index >= 15 is 0 Å². The Balaban J connectivity index is 3.64. The average Bonchev–Trinajstić information content (AvgIpc) is 1.63. The zero-order valence-electron chi connectivity index (χ0n) is 4.83. The maximum absolute atomic E-state index is 10.2. The van der Waals surface area contributed by atoms with Gasteiger partial charge in [-0.05, 0) is 6.92 Å². The van der Waals surface area contributed by atoms with E-state index in [-0.39, 0.29) is 0 Å². The summed E-state index contributed by atoms with van der Waals surface area (Å²) in [6, 6.07) is -0.888. The molecule has 5 heteroatoms. The van der Waals surface area contributed by atoms with Gasteiger partial charge in [-0.1, -0.05) is 0 Å². The maximum atomic E-state index is 10.2. The second-order valence-electron chi connectivity index (χ2n) is 1.48. The van der Waals surface area contributed by atoms with Crippen LogP contribution in [-0.4, -0.2) is 23.3 Å². The molecule has 0 aliphatic carbocycles. The summed E-state index contributed by atoms with van der Waals surface area (Å²) in [5.74, 6) is -0.942. The van der Waals surface area contributed by atoms with Gasteiger partial charge in [-0.2, -0.15) is 0 Å². The predicted molar refractivity (Wildman–Crippen MR) is 27.8 cm³/mol. The summed E-state index contributed by atoms with van der Waals surface area (Å²) in [6.07, 6.45) is -1.63. The molecule has 0 radical (unpaired) electrons. The van der Waals surface area contributed by atoms with Crippen LogP contribution in [0.3, 0.4) is 0 Å². The molecule has 0 saturated carbocycles. The number of ether oxygens (including phenoxy) is 1. The molecule has 0 aliphatic heterocycles. The standard InChI is InChI=1S/C4H7NO4/c1-2(5)3(6)9-4(7)8/h2H,5H2,1H3,(H,7,8)/t2-/m0/s1. The third-order valence-electron chi connectivity index (χ3n) is 0.560. The fourth-order valence-electron chi connectivity index (χ4n) is 0.179. The molecule has 1 atom stereocenters. The van der Waals surface area contributed by atoms with Crippen molar-refractivity contribution in [2.24, 2.45) is 5.73 Å². The molecule has 5 nitrogen and oxygen atoms in total. The van der Waals surface area contributed by atoms with Crippen LogP contribution in [0.25, 0.3) is 0 Å². The normalized spacial score (nSPS) is 12.2. The van der Waals surface area contributed by atoms with Crippen molar-refractivity contribution in [3.8, 4) is 0 Å². The molecule has 0 rings (SSSR count). The molecule has 3 N–H and O–H groups in total. The summed E-state index contributed by atoms with van der Waals surface area (Å²) in [7, 11) is 0. The number of hydrogen-bond donors (Lipinski definition) is 2. The lowest BCUT2D eigenvalue weighted by Gasteiger charge is -1.99. The molecular weight excluding hydrogens is 126 g/mol. The van der Waals surface area contributed by atoms with Crippen molar-refractivity contribution in [1.82, 2.24) is 0 Å². The molecule has 0 aromatic rings. The fourth-order valence-corrected chi connectivity index (χ4v) is 0.179. The number of esters is 1. The van der Waals surface area contributed by atoms with Crippen LogP contribution in [0.4, 0.5) is 4.79 Å². The smallest absolute Gasteiger partial charge is 0.449 e. The lowest BCUT2D eigenvalue weighted by molar-refractivity contribution is -0.140. The van der Waals surface area contributed by atoms with Gasteiger partial charge in [0.2, 0.25) is 0 Å². The highest BCUT2D eigenvalue weighted by Crippen LogP contribution is 1.83. The van der Waals surface area contributed by atoms with Gasteiger partial charge in [0.1, 0.15) is 6.04 Å². The average molecular weight is 133 g/mol. The van der Waals surface area contributed by atoms with Crippen LogP contribution < -0.4 is 5.73 Å². The summed E-state index contributed by atoms with van der Waals surface area (Å²) < 4.78 is 3.66. The first-order valence-corrected chi connectivity index (χ1v) is 2.24. The Labute approximate surface area is 51.4 Å². The summed E-state index contributed by atoms with van der Waals surface area (Å²) in [5, 5.41) is 7.83. The van der Waals surface area contributed by atoms with Gasteiger partial charge in [-0.3, -0.25) is 0 Å². The molecule has 0 heterocycles. The number of carboxylic acid groups (broad SMARTS) is 1. The Morgan fingerprint density at radius 2 is 2.11 bits per heavy atom. The highest BCUT2D eigenvalue weighted by molar-refractivity contribution is 5.84. The number of rotatable bonds is 1. The summed E-state index contributed by atoms with van der Waals surface area (Å²) >= 11 is 0. The highest BCUT2D eigenvalue weighted by Gasteiger charge is 2.12. The van der Waals surface area contributed by atoms with E-state index < -0.39 is 18.2 Å². The van der Waals surface area contributed by atoms with E-state index in [9.17, 15) is 9.59 Å². The third kappa shape index (κ3) is 3.48. The Hall–Kier alpha value is -1.10. The molecule has 9 heavy (non-hydrogen) atoms. The minimum absolute atomic E-state index is 0.888. The molecule has 0 saturated heterocycles. The molecule has 0 aliphatic rings. The van der Waals surface area contributed by atoms with Crippen molar-refractivity contribution >= 4 is 12.1 Å². The molecule has 0 spiro atoms. The van der Waals surface area contributed by atoms with Gasteiger partial charge in [-0.25, -0.2) is 9.59 Å². The monoisotopic (exact) mass is 133 g/mol. The Morgan fingerprint density at radius 3 is 2.22 bits per heavy atom. The summed E-state index contributed by atoms with van der Waals surface area (Å²) in [6.45, 7) is 1.34. The van der Waals surface area contributed by atoms with Crippen LogP contribution in [0.2, 0.25) is 0 Å². The summed E-state index contributed by atoms with van der Waals surface area (Å²) in [5.41, 5.74) is 4.95. The van der Waals surface area contributed by atoms with E-state index in [4.69, 9.17) is 10.8 Å². The maximum Gasteiger partial charge on any atom is 0.513 e. The van der Waals surface area contributed by atoms with Crippen LogP contribution in [0, 0.1) is 0 Å². The van der Waals surface area contributed by atoms with Crippen LogP contribution in [0.15, 0.2) is 0 Å². The van der Waals surface area contributed by atoms with Crippen LogP contribution in [-0.2, 0) is 9.53 Å². The zero-order chi connectivity index (χ0) is 7.44. The summed E-state index contributed by atoms with van der Waals surface area (Å²) in [4.78, 5) is 19.8. The van der Waals surface area contributed by atoms with Gasteiger partial charge >= 0.3 is 12.1 Å². The topological polar surface area (TPSA) is 89.6 Å².